The summed E-state index contributed by atoms with van der Waals surface area (Å²) in [5, 5.41) is 0. The molecule has 1 aromatic carbocycles. The van der Waals surface area contributed by atoms with Gasteiger partial charge in [-0.15, -0.1) is 0 Å². The topological polar surface area (TPSA) is 17.1 Å². The van der Waals surface area contributed by atoms with Crippen LogP contribution in [-0.2, 0) is 4.79 Å². The molecule has 1 aromatic rings. The van der Waals surface area contributed by atoms with Crippen LogP contribution in [0.5, 0.6) is 0 Å². The number of hydrogen-bond acceptors (Lipinski definition) is 1. The average Bonchev–Trinajstić information content (AvgIpc) is 2.29. The van der Waals surface area contributed by atoms with Crippen LogP contribution in [0.2, 0.25) is 0 Å². The van der Waals surface area contributed by atoms with Crippen LogP contribution in [0.3, 0.4) is 0 Å². The first-order chi connectivity index (χ1) is 8.06. The van der Waals surface area contributed by atoms with Gasteiger partial charge in [-0.25, -0.2) is 8.78 Å². The number of carbonyl (C=O) groups excluding carboxylic acids is 1. The Morgan fingerprint density at radius 3 is 2.18 bits per heavy atom. The molecule has 1 fully saturated rings. The van der Waals surface area contributed by atoms with Gasteiger partial charge in [-0.3, -0.25) is 4.79 Å². The van der Waals surface area contributed by atoms with Crippen LogP contribution >= 0.6 is 0 Å². The molecule has 1 nitrogen and oxygen atoms in total. The van der Waals surface area contributed by atoms with Crippen LogP contribution in [0, 0.1) is 17.0 Å². The second-order valence-electron chi connectivity index (χ2n) is 4.68. The molecule has 0 N–H and O–H groups in total. The molecule has 1 unspecified atom stereocenters. The molecule has 0 spiro atoms. The van der Waals surface area contributed by atoms with Gasteiger partial charge < -0.3 is 0 Å². The van der Waals surface area contributed by atoms with E-state index in [4.69, 9.17) is 0 Å². The van der Waals surface area contributed by atoms with Crippen molar-refractivity contribution < 1.29 is 13.6 Å². The fourth-order valence-corrected chi connectivity index (χ4v) is 3.01. The lowest BCUT2D eigenvalue weighted by atomic mass is 9.54. The molecular formula is C14H16F2O. The third-order valence-corrected chi connectivity index (χ3v) is 4.22. The third kappa shape index (κ3) is 1.60. The monoisotopic (exact) mass is 238 g/mol. The Kier molecular flexibility index (Phi) is 3.02. The predicted octanol–water partition coefficient (Wildman–Crippen LogP) is 3.83. The lowest BCUT2D eigenvalue weighted by Gasteiger charge is -2.47. The van der Waals surface area contributed by atoms with Gasteiger partial charge in [0.25, 0.3) is 0 Å². The Morgan fingerprint density at radius 1 is 1.24 bits per heavy atom. The van der Waals surface area contributed by atoms with E-state index in [1.807, 2.05) is 13.8 Å². The number of Topliss-reactive ketones (excluding diaryl/α,β-unsaturated/α-hetero) is 1. The van der Waals surface area contributed by atoms with E-state index in [-0.39, 0.29) is 23.7 Å². The fraction of sp³-hybridized carbons (Fsp3) is 0.500. The summed E-state index contributed by atoms with van der Waals surface area (Å²) in [7, 11) is 0. The molecule has 0 bridgehead atoms. The van der Waals surface area contributed by atoms with Gasteiger partial charge in [-0.1, -0.05) is 19.9 Å². The number of carbonyl (C=O) groups is 1. The highest BCUT2D eigenvalue weighted by molar-refractivity contribution is 5.93. The van der Waals surface area contributed by atoms with Crippen molar-refractivity contribution in [3.63, 3.8) is 0 Å². The van der Waals surface area contributed by atoms with Gasteiger partial charge in [0.2, 0.25) is 0 Å². The molecule has 1 aliphatic carbocycles. The van der Waals surface area contributed by atoms with Gasteiger partial charge >= 0.3 is 0 Å². The molecule has 2 rings (SSSR count). The minimum Gasteiger partial charge on any atom is -0.299 e. The highest BCUT2D eigenvalue weighted by Gasteiger charge is 2.53. The van der Waals surface area contributed by atoms with Crippen molar-refractivity contribution in [2.75, 3.05) is 0 Å². The Hall–Kier alpha value is -1.25. The van der Waals surface area contributed by atoms with E-state index in [2.05, 4.69) is 0 Å². The first kappa shape index (κ1) is 12.2. The van der Waals surface area contributed by atoms with Crippen molar-refractivity contribution in [1.82, 2.24) is 0 Å². The first-order valence-electron chi connectivity index (χ1n) is 6.04. The Balaban J connectivity index is 2.45. The minimum absolute atomic E-state index is 0.0933. The standard InChI is InChI=1S/C14H16F2O/c1-3-14(4-2)9(8-12(14)17)13-10(15)6-5-7-11(13)16/h5-7,9H,3-4,8H2,1-2H3. The molecule has 92 valence electrons. The fourth-order valence-electron chi connectivity index (χ4n) is 3.01. The van der Waals surface area contributed by atoms with Crippen molar-refractivity contribution in [2.24, 2.45) is 5.41 Å². The van der Waals surface area contributed by atoms with Crippen LogP contribution in [0.1, 0.15) is 44.6 Å². The lowest BCUT2D eigenvalue weighted by molar-refractivity contribution is -0.141. The van der Waals surface area contributed by atoms with E-state index < -0.39 is 17.0 Å². The van der Waals surface area contributed by atoms with Gasteiger partial charge in [0.15, 0.2) is 0 Å². The summed E-state index contributed by atoms with van der Waals surface area (Å²) in [5.74, 6) is -1.23. The Labute approximate surface area is 99.8 Å². The van der Waals surface area contributed by atoms with Crippen molar-refractivity contribution >= 4 is 5.78 Å². The SMILES string of the molecule is CCC1(CC)C(=O)CC1c1c(F)cccc1F. The summed E-state index contributed by atoms with van der Waals surface area (Å²) in [6, 6.07) is 3.88. The third-order valence-electron chi connectivity index (χ3n) is 4.22. The smallest absolute Gasteiger partial charge is 0.140 e. The molecule has 0 aromatic heterocycles. The molecule has 0 heterocycles. The summed E-state index contributed by atoms with van der Waals surface area (Å²) in [6.45, 7) is 3.82. The maximum atomic E-state index is 13.7. The normalized spacial score (nSPS) is 22.4. The van der Waals surface area contributed by atoms with Crippen LogP contribution in [0.15, 0.2) is 18.2 Å². The summed E-state index contributed by atoms with van der Waals surface area (Å²) in [4.78, 5) is 11.8. The number of ketones is 1. The molecule has 0 saturated heterocycles. The summed E-state index contributed by atoms with van der Waals surface area (Å²) >= 11 is 0. The Morgan fingerprint density at radius 2 is 1.76 bits per heavy atom. The first-order valence-corrected chi connectivity index (χ1v) is 6.04. The predicted molar refractivity (Wildman–Crippen MR) is 61.7 cm³/mol. The molecule has 1 aliphatic rings. The van der Waals surface area contributed by atoms with Crippen LogP contribution < -0.4 is 0 Å². The molecule has 17 heavy (non-hydrogen) atoms. The van der Waals surface area contributed by atoms with E-state index in [9.17, 15) is 13.6 Å². The van der Waals surface area contributed by atoms with Gasteiger partial charge in [0.1, 0.15) is 17.4 Å². The Bertz CT molecular complexity index is 429. The second-order valence-corrected chi connectivity index (χ2v) is 4.68. The van der Waals surface area contributed by atoms with Crippen molar-refractivity contribution in [3.05, 3.63) is 35.4 Å². The quantitative estimate of drug-likeness (QED) is 0.782. The molecular weight excluding hydrogens is 222 g/mol. The maximum absolute atomic E-state index is 13.7. The highest BCUT2D eigenvalue weighted by Crippen LogP contribution is 2.55. The zero-order chi connectivity index (χ0) is 12.6. The van der Waals surface area contributed by atoms with E-state index in [0.717, 1.165) is 0 Å². The lowest BCUT2D eigenvalue weighted by Crippen LogP contribution is -2.48. The van der Waals surface area contributed by atoms with Crippen molar-refractivity contribution in [1.29, 1.82) is 0 Å². The zero-order valence-corrected chi connectivity index (χ0v) is 10.1. The van der Waals surface area contributed by atoms with E-state index in [0.29, 0.717) is 12.8 Å². The molecule has 3 heteroatoms. The second kappa shape index (κ2) is 4.21. The number of halogens is 2. The van der Waals surface area contributed by atoms with Crippen LogP contribution in [0.25, 0.3) is 0 Å². The summed E-state index contributed by atoms with van der Waals surface area (Å²) in [5.41, 5.74) is -0.459. The van der Waals surface area contributed by atoms with Crippen LogP contribution in [-0.4, -0.2) is 5.78 Å². The van der Waals surface area contributed by atoms with Gasteiger partial charge in [0, 0.05) is 23.3 Å². The van der Waals surface area contributed by atoms with Crippen LogP contribution in [0.4, 0.5) is 8.78 Å². The molecule has 0 aliphatic heterocycles. The average molecular weight is 238 g/mol. The number of hydrogen-bond donors (Lipinski definition) is 0. The highest BCUT2D eigenvalue weighted by atomic mass is 19.1. The zero-order valence-electron chi connectivity index (χ0n) is 10.1. The maximum Gasteiger partial charge on any atom is 0.140 e. The van der Waals surface area contributed by atoms with Crippen molar-refractivity contribution in [2.45, 2.75) is 39.0 Å². The largest absolute Gasteiger partial charge is 0.299 e. The van der Waals surface area contributed by atoms with E-state index in [1.54, 1.807) is 0 Å². The van der Waals surface area contributed by atoms with Crippen molar-refractivity contribution in [3.8, 4) is 0 Å². The minimum atomic E-state index is -0.553. The molecule has 1 atom stereocenters. The molecule has 0 amide bonds. The summed E-state index contributed by atoms with van der Waals surface area (Å²) in [6.07, 6.45) is 1.54. The van der Waals surface area contributed by atoms with E-state index >= 15 is 0 Å². The van der Waals surface area contributed by atoms with Gasteiger partial charge in [-0.2, -0.15) is 0 Å². The number of benzene rings is 1. The summed E-state index contributed by atoms with van der Waals surface area (Å²) < 4.78 is 27.4. The van der Waals surface area contributed by atoms with E-state index in [1.165, 1.54) is 18.2 Å². The molecule has 0 radical (unpaired) electrons. The van der Waals surface area contributed by atoms with Gasteiger partial charge in [0.05, 0.1) is 0 Å². The van der Waals surface area contributed by atoms with Gasteiger partial charge in [-0.05, 0) is 25.0 Å². The number of rotatable bonds is 3. The molecule has 1 saturated carbocycles.